The monoisotopic (exact) mass is 290 g/mol. The first-order chi connectivity index (χ1) is 9.43. The molecule has 1 aliphatic carbocycles. The van der Waals surface area contributed by atoms with E-state index in [2.05, 4.69) is 18.8 Å². The zero-order chi connectivity index (χ0) is 14.3. The number of aromatic nitrogens is 1. The van der Waals surface area contributed by atoms with E-state index in [0.29, 0.717) is 11.5 Å². The van der Waals surface area contributed by atoms with Gasteiger partial charge in [-0.1, -0.05) is 13.8 Å². The summed E-state index contributed by atoms with van der Waals surface area (Å²) in [6.07, 6.45) is 4.95. The lowest BCUT2D eigenvalue weighted by Gasteiger charge is -2.34. The Morgan fingerprint density at radius 2 is 2.00 bits per heavy atom. The van der Waals surface area contributed by atoms with Gasteiger partial charge in [-0.2, -0.15) is 0 Å². The van der Waals surface area contributed by atoms with E-state index in [9.17, 15) is 0 Å². The highest BCUT2D eigenvalue weighted by atomic mass is 32.1. The van der Waals surface area contributed by atoms with Crippen molar-refractivity contribution in [3.8, 4) is 5.75 Å². The molecule has 0 radical (unpaired) electrons. The predicted octanol–water partition coefficient (Wildman–Crippen LogP) is 4.53. The highest BCUT2D eigenvalue weighted by Gasteiger charge is 2.28. The molecular formula is C16H22N2OS. The third-order valence-corrected chi connectivity index (χ3v) is 5.14. The van der Waals surface area contributed by atoms with Crippen LogP contribution in [0.25, 0.3) is 10.2 Å². The van der Waals surface area contributed by atoms with Gasteiger partial charge >= 0.3 is 0 Å². The minimum absolute atomic E-state index is 0.294. The van der Waals surface area contributed by atoms with Crippen LogP contribution in [0.15, 0.2) is 12.1 Å². The van der Waals surface area contributed by atoms with Crippen LogP contribution in [0.3, 0.4) is 0 Å². The number of hydrogen-bond donors (Lipinski definition) is 1. The van der Waals surface area contributed by atoms with E-state index in [1.807, 2.05) is 19.1 Å². The van der Waals surface area contributed by atoms with Gasteiger partial charge in [0.2, 0.25) is 0 Å². The van der Waals surface area contributed by atoms with Gasteiger partial charge in [0.15, 0.2) is 0 Å². The summed E-state index contributed by atoms with van der Waals surface area (Å²) < 4.78 is 7.27. The van der Waals surface area contributed by atoms with Gasteiger partial charge in [-0.25, -0.2) is 4.98 Å². The van der Waals surface area contributed by atoms with E-state index in [-0.39, 0.29) is 0 Å². The molecule has 0 spiro atoms. The van der Waals surface area contributed by atoms with E-state index in [1.165, 1.54) is 12.8 Å². The number of ether oxygens (including phenoxy) is 1. The minimum atomic E-state index is 0.294. The minimum Gasteiger partial charge on any atom is -0.488 e. The molecule has 1 saturated carbocycles. The number of anilines is 1. The second kappa shape index (κ2) is 4.92. The van der Waals surface area contributed by atoms with E-state index < -0.39 is 0 Å². The summed E-state index contributed by atoms with van der Waals surface area (Å²) >= 11 is 1.67. The highest BCUT2D eigenvalue weighted by molar-refractivity contribution is 7.18. The Bertz CT molecular complexity index is 623. The molecule has 1 heterocycles. The van der Waals surface area contributed by atoms with Gasteiger partial charge in [-0.05, 0) is 44.1 Å². The van der Waals surface area contributed by atoms with Crippen molar-refractivity contribution in [3.05, 3.63) is 17.1 Å². The molecule has 0 aliphatic heterocycles. The molecule has 0 atom stereocenters. The van der Waals surface area contributed by atoms with Crippen LogP contribution in [0, 0.1) is 12.3 Å². The largest absolute Gasteiger partial charge is 0.488 e. The first-order valence-corrected chi connectivity index (χ1v) is 8.08. The number of rotatable bonds is 2. The summed E-state index contributed by atoms with van der Waals surface area (Å²) in [5.74, 6) is 0.799. The van der Waals surface area contributed by atoms with Crippen LogP contribution in [-0.4, -0.2) is 11.1 Å². The van der Waals surface area contributed by atoms with Gasteiger partial charge in [-0.15, -0.1) is 11.3 Å². The molecule has 1 aromatic heterocycles. The number of nitrogen functional groups attached to an aromatic ring is 1. The molecule has 20 heavy (non-hydrogen) atoms. The molecule has 2 N–H and O–H groups in total. The smallest absolute Gasteiger partial charge is 0.144 e. The first-order valence-electron chi connectivity index (χ1n) is 7.26. The Labute approximate surface area is 124 Å². The Balaban J connectivity index is 1.79. The van der Waals surface area contributed by atoms with Crippen molar-refractivity contribution in [3.63, 3.8) is 0 Å². The van der Waals surface area contributed by atoms with Gasteiger partial charge in [-0.3, -0.25) is 0 Å². The van der Waals surface area contributed by atoms with Crippen LogP contribution >= 0.6 is 11.3 Å². The number of thiazole rings is 1. The Morgan fingerprint density at radius 1 is 1.30 bits per heavy atom. The molecule has 0 saturated heterocycles. The Morgan fingerprint density at radius 3 is 2.70 bits per heavy atom. The normalized spacial score (nSPS) is 19.4. The number of aryl methyl sites for hydroxylation is 1. The molecule has 3 rings (SSSR count). The average molecular weight is 290 g/mol. The van der Waals surface area contributed by atoms with Crippen molar-refractivity contribution in [2.45, 2.75) is 52.6 Å². The zero-order valence-corrected chi connectivity index (χ0v) is 13.2. The molecule has 0 amide bonds. The van der Waals surface area contributed by atoms with Gasteiger partial charge in [0.05, 0.1) is 27.0 Å². The van der Waals surface area contributed by atoms with Gasteiger partial charge in [0.25, 0.3) is 0 Å². The van der Waals surface area contributed by atoms with Gasteiger partial charge < -0.3 is 10.5 Å². The van der Waals surface area contributed by atoms with Crippen molar-refractivity contribution < 1.29 is 4.74 Å². The second-order valence-corrected chi connectivity index (χ2v) is 7.81. The van der Waals surface area contributed by atoms with Gasteiger partial charge in [0.1, 0.15) is 5.75 Å². The zero-order valence-electron chi connectivity index (χ0n) is 12.4. The molecule has 4 heteroatoms. The molecule has 3 nitrogen and oxygen atoms in total. The maximum Gasteiger partial charge on any atom is 0.144 e. The topological polar surface area (TPSA) is 48.1 Å². The fraction of sp³-hybridized carbons (Fsp3) is 0.562. The van der Waals surface area contributed by atoms with E-state index in [1.54, 1.807) is 11.3 Å². The standard InChI is InChI=1S/C16H22N2OS/c1-10-18-13-9-14(12(17)8-15(13)20-10)19-11-4-6-16(2,3)7-5-11/h8-9,11H,4-7,17H2,1-3H3. The number of fused-ring (bicyclic) bond motifs is 1. The molecule has 0 bridgehead atoms. The highest BCUT2D eigenvalue weighted by Crippen LogP contribution is 2.38. The van der Waals surface area contributed by atoms with Crippen LogP contribution in [0.5, 0.6) is 5.75 Å². The number of nitrogens with zero attached hydrogens (tertiary/aromatic N) is 1. The van der Waals surface area contributed by atoms with Crippen molar-refractivity contribution in [1.29, 1.82) is 0 Å². The van der Waals surface area contributed by atoms with Crippen LogP contribution in [-0.2, 0) is 0 Å². The molecule has 1 aliphatic rings. The fourth-order valence-corrected chi connectivity index (χ4v) is 3.72. The molecular weight excluding hydrogens is 268 g/mol. The first kappa shape index (κ1) is 13.7. The molecule has 2 aromatic rings. The lowest BCUT2D eigenvalue weighted by Crippen LogP contribution is -2.28. The molecule has 0 unspecified atom stereocenters. The maximum atomic E-state index is 6.14. The Hall–Kier alpha value is -1.29. The summed E-state index contributed by atoms with van der Waals surface area (Å²) in [7, 11) is 0. The fourth-order valence-electron chi connectivity index (χ4n) is 2.86. The summed E-state index contributed by atoms with van der Waals surface area (Å²) in [4.78, 5) is 4.51. The predicted molar refractivity (Wildman–Crippen MR) is 85.4 cm³/mol. The molecule has 108 valence electrons. The molecule has 1 aromatic carbocycles. The lowest BCUT2D eigenvalue weighted by atomic mass is 9.76. The Kier molecular flexibility index (Phi) is 3.36. The second-order valence-electron chi connectivity index (χ2n) is 6.57. The SMILES string of the molecule is Cc1nc2cc(OC3CCC(C)(C)CC3)c(N)cc2s1. The van der Waals surface area contributed by atoms with Crippen molar-refractivity contribution >= 4 is 27.2 Å². The number of benzene rings is 1. The van der Waals surface area contributed by atoms with Crippen molar-refractivity contribution in [1.82, 2.24) is 4.98 Å². The van der Waals surface area contributed by atoms with Crippen LogP contribution < -0.4 is 10.5 Å². The average Bonchev–Trinajstić information content (AvgIpc) is 2.71. The summed E-state index contributed by atoms with van der Waals surface area (Å²) in [6.45, 7) is 6.69. The van der Waals surface area contributed by atoms with Crippen LogP contribution in [0.4, 0.5) is 5.69 Å². The number of hydrogen-bond acceptors (Lipinski definition) is 4. The van der Waals surface area contributed by atoms with E-state index in [0.717, 1.165) is 39.5 Å². The summed E-state index contributed by atoms with van der Waals surface area (Å²) in [5, 5.41) is 1.07. The third kappa shape index (κ3) is 2.75. The third-order valence-electron chi connectivity index (χ3n) is 4.21. The number of nitrogens with two attached hydrogens (primary N) is 1. The van der Waals surface area contributed by atoms with Crippen molar-refractivity contribution in [2.24, 2.45) is 5.41 Å². The lowest BCUT2D eigenvalue weighted by molar-refractivity contribution is 0.0995. The quantitative estimate of drug-likeness (QED) is 0.826. The summed E-state index contributed by atoms with van der Waals surface area (Å²) in [5.41, 5.74) is 8.30. The molecule has 1 fully saturated rings. The van der Waals surface area contributed by atoms with Gasteiger partial charge in [0, 0.05) is 6.07 Å². The summed E-state index contributed by atoms with van der Waals surface area (Å²) in [6, 6.07) is 3.98. The van der Waals surface area contributed by atoms with Crippen molar-refractivity contribution in [2.75, 3.05) is 5.73 Å². The van der Waals surface area contributed by atoms with Crippen LogP contribution in [0.1, 0.15) is 44.5 Å². The maximum absolute atomic E-state index is 6.14. The van der Waals surface area contributed by atoms with E-state index >= 15 is 0 Å². The van der Waals surface area contributed by atoms with Crippen LogP contribution in [0.2, 0.25) is 0 Å². The van der Waals surface area contributed by atoms with E-state index in [4.69, 9.17) is 10.5 Å².